The van der Waals surface area contributed by atoms with Crippen LogP contribution in [0.1, 0.15) is 41.3 Å². The number of ether oxygens (including phenoxy) is 2. The van der Waals surface area contributed by atoms with Crippen LogP contribution in [0.3, 0.4) is 0 Å². The zero-order chi connectivity index (χ0) is 20.8. The van der Waals surface area contributed by atoms with E-state index >= 15 is 0 Å². The number of amides is 2. The molecule has 0 radical (unpaired) electrons. The number of hydrogen-bond donors (Lipinski definition) is 2. The van der Waals surface area contributed by atoms with Crippen LogP contribution < -0.4 is 15.4 Å². The van der Waals surface area contributed by atoms with Crippen molar-refractivity contribution in [3.05, 3.63) is 59.2 Å². The van der Waals surface area contributed by atoms with Crippen LogP contribution in [0.4, 0.5) is 5.69 Å². The number of carbonyl (C=O) groups is 2. The molecule has 1 fully saturated rings. The second kappa shape index (κ2) is 9.56. The van der Waals surface area contributed by atoms with Crippen molar-refractivity contribution in [2.75, 3.05) is 18.5 Å². The Hall–Kier alpha value is -2.86. The summed E-state index contributed by atoms with van der Waals surface area (Å²) in [5.74, 6) is 0.0931. The Morgan fingerprint density at radius 2 is 1.90 bits per heavy atom. The molecule has 0 spiro atoms. The van der Waals surface area contributed by atoms with Gasteiger partial charge in [-0.2, -0.15) is 0 Å². The minimum absolute atomic E-state index is 0.0620. The van der Waals surface area contributed by atoms with Crippen LogP contribution in [0.15, 0.2) is 42.5 Å². The minimum Gasteiger partial charge on any atom is -0.481 e. The molecule has 2 aromatic carbocycles. The molecule has 29 heavy (non-hydrogen) atoms. The van der Waals surface area contributed by atoms with Crippen LogP contribution in [0.2, 0.25) is 0 Å². The average molecular weight is 396 g/mol. The van der Waals surface area contributed by atoms with Gasteiger partial charge in [-0.15, -0.1) is 0 Å². The van der Waals surface area contributed by atoms with Crippen LogP contribution in [-0.4, -0.2) is 37.2 Å². The van der Waals surface area contributed by atoms with Gasteiger partial charge in [0.2, 0.25) is 0 Å². The number of carbonyl (C=O) groups excluding carboxylic acids is 2. The van der Waals surface area contributed by atoms with E-state index in [2.05, 4.69) is 10.6 Å². The summed E-state index contributed by atoms with van der Waals surface area (Å²) in [5, 5.41) is 5.70. The third-order valence-electron chi connectivity index (χ3n) is 4.82. The molecule has 2 atom stereocenters. The fraction of sp³-hybridized carbons (Fsp3) is 0.391. The number of para-hydroxylation sites is 1. The third kappa shape index (κ3) is 5.81. The van der Waals surface area contributed by atoms with Gasteiger partial charge in [-0.05, 0) is 69.0 Å². The van der Waals surface area contributed by atoms with Gasteiger partial charge in [-0.3, -0.25) is 9.59 Å². The first-order valence-corrected chi connectivity index (χ1v) is 9.97. The number of benzene rings is 2. The Kier molecular flexibility index (Phi) is 6.88. The highest BCUT2D eigenvalue weighted by molar-refractivity contribution is 6.04. The average Bonchev–Trinajstić information content (AvgIpc) is 3.19. The molecule has 6 nitrogen and oxygen atoms in total. The first kappa shape index (κ1) is 20.9. The minimum atomic E-state index is -0.709. The SMILES string of the molecule is Cc1cc(C)cc(O[C@@H](C)C(=O)Nc2ccccc2C(=O)NC[C@H]2CCCO2)c1. The highest BCUT2D eigenvalue weighted by Gasteiger charge is 2.20. The first-order chi connectivity index (χ1) is 13.9. The highest BCUT2D eigenvalue weighted by atomic mass is 16.5. The molecular weight excluding hydrogens is 368 g/mol. The topological polar surface area (TPSA) is 76.7 Å². The number of aryl methyl sites for hydroxylation is 2. The summed E-state index contributed by atoms with van der Waals surface area (Å²) in [6.07, 6.45) is 1.32. The molecule has 154 valence electrons. The third-order valence-corrected chi connectivity index (χ3v) is 4.82. The van der Waals surface area contributed by atoms with Gasteiger partial charge in [0.15, 0.2) is 6.10 Å². The molecule has 0 aromatic heterocycles. The van der Waals surface area contributed by atoms with E-state index in [1.165, 1.54) is 0 Å². The molecule has 2 aromatic rings. The predicted octanol–water partition coefficient (Wildman–Crippen LogP) is 3.62. The van der Waals surface area contributed by atoms with Gasteiger partial charge in [0.05, 0.1) is 17.4 Å². The number of anilines is 1. The summed E-state index contributed by atoms with van der Waals surface area (Å²) < 4.78 is 11.3. The van der Waals surface area contributed by atoms with Crippen LogP contribution in [0.5, 0.6) is 5.75 Å². The van der Waals surface area contributed by atoms with Crippen LogP contribution >= 0.6 is 0 Å². The smallest absolute Gasteiger partial charge is 0.265 e. The Morgan fingerprint density at radius 3 is 2.59 bits per heavy atom. The summed E-state index contributed by atoms with van der Waals surface area (Å²) in [7, 11) is 0. The van der Waals surface area contributed by atoms with Gasteiger partial charge in [-0.25, -0.2) is 0 Å². The second-order valence-corrected chi connectivity index (χ2v) is 7.46. The molecule has 0 aliphatic carbocycles. The van der Waals surface area contributed by atoms with Crippen molar-refractivity contribution >= 4 is 17.5 Å². The van der Waals surface area contributed by atoms with Crippen molar-refractivity contribution in [1.82, 2.24) is 5.32 Å². The summed E-state index contributed by atoms with van der Waals surface area (Å²) in [4.78, 5) is 25.2. The van der Waals surface area contributed by atoms with E-state index in [1.54, 1.807) is 31.2 Å². The zero-order valence-corrected chi connectivity index (χ0v) is 17.2. The van der Waals surface area contributed by atoms with Gasteiger partial charge in [0.1, 0.15) is 5.75 Å². The van der Waals surface area contributed by atoms with Crippen molar-refractivity contribution in [3.63, 3.8) is 0 Å². The molecule has 1 heterocycles. The Balaban J connectivity index is 1.62. The number of rotatable bonds is 7. The number of nitrogens with one attached hydrogen (secondary N) is 2. The van der Waals surface area contributed by atoms with Crippen LogP contribution in [0.25, 0.3) is 0 Å². The lowest BCUT2D eigenvalue weighted by atomic mass is 10.1. The Bertz CT molecular complexity index is 855. The summed E-state index contributed by atoms with van der Waals surface area (Å²) in [6.45, 7) is 6.86. The van der Waals surface area contributed by atoms with Crippen LogP contribution in [0, 0.1) is 13.8 Å². The molecule has 6 heteroatoms. The van der Waals surface area contributed by atoms with Crippen molar-refractivity contribution in [1.29, 1.82) is 0 Å². The van der Waals surface area contributed by atoms with Gasteiger partial charge >= 0.3 is 0 Å². The molecule has 0 unspecified atom stereocenters. The molecular formula is C23H28N2O4. The summed E-state index contributed by atoms with van der Waals surface area (Å²) >= 11 is 0. The molecule has 1 aliphatic heterocycles. The maximum absolute atomic E-state index is 12.6. The molecule has 1 saturated heterocycles. The van der Waals surface area contributed by atoms with Crippen molar-refractivity contribution in [3.8, 4) is 5.75 Å². The van der Waals surface area contributed by atoms with E-state index in [4.69, 9.17) is 9.47 Å². The van der Waals surface area contributed by atoms with Gasteiger partial charge in [0.25, 0.3) is 11.8 Å². The monoisotopic (exact) mass is 396 g/mol. The maximum atomic E-state index is 12.6. The summed E-state index contributed by atoms with van der Waals surface area (Å²) in [5.41, 5.74) is 3.01. The van der Waals surface area contributed by atoms with E-state index in [9.17, 15) is 9.59 Å². The standard InChI is InChI=1S/C23H28N2O4/c1-15-11-16(2)13-19(12-15)29-17(3)22(26)25-21-9-5-4-8-20(21)23(27)24-14-18-7-6-10-28-18/h4-5,8-9,11-13,17-18H,6-7,10,14H2,1-3H3,(H,24,27)(H,25,26)/t17-,18+/m0/s1. The van der Waals surface area contributed by atoms with Gasteiger partial charge in [-0.1, -0.05) is 18.2 Å². The lowest BCUT2D eigenvalue weighted by molar-refractivity contribution is -0.122. The van der Waals surface area contributed by atoms with E-state index in [1.807, 2.05) is 32.0 Å². The van der Waals surface area contributed by atoms with E-state index in [0.717, 1.165) is 30.6 Å². The zero-order valence-electron chi connectivity index (χ0n) is 17.2. The molecule has 0 saturated carbocycles. The highest BCUT2D eigenvalue weighted by Crippen LogP contribution is 2.20. The van der Waals surface area contributed by atoms with Gasteiger partial charge < -0.3 is 20.1 Å². The largest absolute Gasteiger partial charge is 0.481 e. The molecule has 1 aliphatic rings. The summed E-state index contributed by atoms with van der Waals surface area (Å²) in [6, 6.07) is 12.8. The van der Waals surface area contributed by atoms with Crippen molar-refractivity contribution in [2.45, 2.75) is 45.8 Å². The van der Waals surface area contributed by atoms with Gasteiger partial charge in [0, 0.05) is 13.2 Å². The Labute approximate surface area is 171 Å². The molecule has 0 bridgehead atoms. The first-order valence-electron chi connectivity index (χ1n) is 9.97. The molecule has 3 rings (SSSR count). The van der Waals surface area contributed by atoms with E-state index in [0.29, 0.717) is 23.5 Å². The Morgan fingerprint density at radius 1 is 1.17 bits per heavy atom. The normalized spacial score (nSPS) is 16.9. The number of hydrogen-bond acceptors (Lipinski definition) is 4. The lowest BCUT2D eigenvalue weighted by Crippen LogP contribution is -2.34. The fourth-order valence-electron chi connectivity index (χ4n) is 3.39. The second-order valence-electron chi connectivity index (χ2n) is 7.46. The van der Waals surface area contributed by atoms with Crippen LogP contribution in [-0.2, 0) is 9.53 Å². The maximum Gasteiger partial charge on any atom is 0.265 e. The van der Waals surface area contributed by atoms with E-state index < -0.39 is 6.10 Å². The van der Waals surface area contributed by atoms with E-state index in [-0.39, 0.29) is 17.9 Å². The lowest BCUT2D eigenvalue weighted by Gasteiger charge is -2.17. The fourth-order valence-corrected chi connectivity index (χ4v) is 3.39. The quantitative estimate of drug-likeness (QED) is 0.749. The predicted molar refractivity (Wildman–Crippen MR) is 112 cm³/mol. The van der Waals surface area contributed by atoms with Crippen molar-refractivity contribution < 1.29 is 19.1 Å². The molecule has 2 amide bonds. The molecule has 2 N–H and O–H groups in total. The van der Waals surface area contributed by atoms with Crippen molar-refractivity contribution in [2.24, 2.45) is 0 Å².